The number of carbonyl (C=O) groups is 1. The third kappa shape index (κ3) is 5.98. The summed E-state index contributed by atoms with van der Waals surface area (Å²) in [6.45, 7) is 7.59. The second kappa shape index (κ2) is 11.3. The number of rotatable bonds is 10. The molecule has 9 nitrogen and oxygen atoms in total. The molecule has 1 aromatic carbocycles. The summed E-state index contributed by atoms with van der Waals surface area (Å²) in [5.41, 5.74) is 1.12. The lowest BCUT2D eigenvalue weighted by atomic mass is 10.0. The Morgan fingerprint density at radius 3 is 2.62 bits per heavy atom. The van der Waals surface area contributed by atoms with E-state index in [1.54, 1.807) is 14.2 Å². The molecule has 32 heavy (non-hydrogen) atoms. The number of aromatic nitrogens is 3. The Morgan fingerprint density at radius 1 is 1.12 bits per heavy atom. The van der Waals surface area contributed by atoms with E-state index in [-0.39, 0.29) is 18.6 Å². The van der Waals surface area contributed by atoms with Crippen molar-refractivity contribution in [2.24, 2.45) is 5.92 Å². The van der Waals surface area contributed by atoms with Crippen molar-refractivity contribution >= 4 is 5.91 Å². The van der Waals surface area contributed by atoms with E-state index in [4.69, 9.17) is 14.2 Å². The normalized spacial score (nSPS) is 15.2. The van der Waals surface area contributed by atoms with Crippen molar-refractivity contribution < 1.29 is 19.0 Å². The molecule has 0 aliphatic carbocycles. The van der Waals surface area contributed by atoms with Crippen molar-refractivity contribution in [1.82, 2.24) is 25.0 Å². The van der Waals surface area contributed by atoms with Crippen LogP contribution in [0.5, 0.6) is 11.5 Å². The quantitative estimate of drug-likeness (QED) is 0.600. The monoisotopic (exact) mass is 445 g/mol. The Bertz CT molecular complexity index is 899. The third-order valence-corrected chi connectivity index (χ3v) is 5.67. The van der Waals surface area contributed by atoms with Gasteiger partial charge in [-0.3, -0.25) is 9.69 Å². The molecule has 0 fully saturated rings. The summed E-state index contributed by atoms with van der Waals surface area (Å²) in [6.07, 6.45) is 1.59. The number of hydrogen-bond acceptors (Lipinski definition) is 7. The number of carbonyl (C=O) groups excluding carboxylic acids is 1. The van der Waals surface area contributed by atoms with Crippen molar-refractivity contribution in [2.75, 3.05) is 41.0 Å². The van der Waals surface area contributed by atoms with Gasteiger partial charge in [0, 0.05) is 51.3 Å². The fourth-order valence-electron chi connectivity index (χ4n) is 4.10. The molecule has 1 amide bonds. The fraction of sp³-hybridized carbons (Fsp3) is 0.609. The Kier molecular flexibility index (Phi) is 8.46. The van der Waals surface area contributed by atoms with Gasteiger partial charge in [0.25, 0.3) is 0 Å². The van der Waals surface area contributed by atoms with Crippen molar-refractivity contribution in [3.05, 3.63) is 35.4 Å². The molecule has 0 saturated carbocycles. The highest BCUT2D eigenvalue weighted by Crippen LogP contribution is 2.27. The first kappa shape index (κ1) is 24.0. The number of amides is 1. The average molecular weight is 446 g/mol. The molecular weight excluding hydrogens is 410 g/mol. The van der Waals surface area contributed by atoms with Gasteiger partial charge >= 0.3 is 0 Å². The predicted molar refractivity (Wildman–Crippen MR) is 121 cm³/mol. The van der Waals surface area contributed by atoms with Crippen LogP contribution in [0.25, 0.3) is 0 Å². The van der Waals surface area contributed by atoms with Gasteiger partial charge in [0.15, 0.2) is 5.82 Å². The molecule has 2 aromatic rings. The second-order valence-electron chi connectivity index (χ2n) is 8.51. The summed E-state index contributed by atoms with van der Waals surface area (Å²) in [4.78, 5) is 14.6. The first-order valence-corrected chi connectivity index (χ1v) is 11.1. The van der Waals surface area contributed by atoms with Gasteiger partial charge in [-0.1, -0.05) is 19.9 Å². The summed E-state index contributed by atoms with van der Waals surface area (Å²) in [5.74, 6) is 3.65. The molecule has 1 aliphatic rings. The molecule has 0 spiro atoms. The van der Waals surface area contributed by atoms with Crippen molar-refractivity contribution in [3.8, 4) is 11.5 Å². The first-order valence-electron chi connectivity index (χ1n) is 11.1. The number of benzene rings is 1. The van der Waals surface area contributed by atoms with Crippen LogP contribution in [0, 0.1) is 5.92 Å². The maximum absolute atomic E-state index is 12.2. The Hall–Kier alpha value is -2.65. The van der Waals surface area contributed by atoms with Gasteiger partial charge in [-0.05, 0) is 18.4 Å². The Morgan fingerprint density at radius 2 is 1.94 bits per heavy atom. The summed E-state index contributed by atoms with van der Waals surface area (Å²) in [5, 5.41) is 12.0. The number of methoxy groups -OCH3 is 3. The second-order valence-corrected chi connectivity index (χ2v) is 8.51. The van der Waals surface area contributed by atoms with Crippen LogP contribution in [0.1, 0.15) is 43.5 Å². The van der Waals surface area contributed by atoms with Gasteiger partial charge in [0.1, 0.15) is 23.9 Å². The van der Waals surface area contributed by atoms with Gasteiger partial charge in [0.2, 0.25) is 5.91 Å². The minimum absolute atomic E-state index is 0.0348. The largest absolute Gasteiger partial charge is 0.497 e. The third-order valence-electron chi connectivity index (χ3n) is 5.67. The van der Waals surface area contributed by atoms with Gasteiger partial charge in [0.05, 0.1) is 20.3 Å². The molecule has 0 unspecified atom stereocenters. The van der Waals surface area contributed by atoms with E-state index >= 15 is 0 Å². The highest BCUT2D eigenvalue weighted by Gasteiger charge is 2.26. The Labute approximate surface area is 190 Å². The van der Waals surface area contributed by atoms with Crippen LogP contribution >= 0.6 is 0 Å². The minimum atomic E-state index is -0.188. The van der Waals surface area contributed by atoms with E-state index in [1.165, 1.54) is 7.11 Å². The molecule has 0 saturated heterocycles. The molecule has 0 bridgehead atoms. The number of ether oxygens (including phenoxy) is 3. The van der Waals surface area contributed by atoms with E-state index < -0.39 is 0 Å². The topological polar surface area (TPSA) is 90.7 Å². The lowest BCUT2D eigenvalue weighted by Gasteiger charge is -2.23. The molecule has 0 radical (unpaired) electrons. The molecule has 9 heteroatoms. The van der Waals surface area contributed by atoms with Crippen LogP contribution in [-0.4, -0.2) is 66.6 Å². The zero-order chi connectivity index (χ0) is 23.1. The highest BCUT2D eigenvalue weighted by molar-refractivity contribution is 5.77. The van der Waals surface area contributed by atoms with E-state index in [1.807, 2.05) is 12.1 Å². The van der Waals surface area contributed by atoms with Crippen LogP contribution in [0.15, 0.2) is 18.2 Å². The zero-order valence-electron chi connectivity index (χ0n) is 19.8. The lowest BCUT2D eigenvalue weighted by molar-refractivity contribution is -0.125. The number of nitrogens with zero attached hydrogens (tertiary/aromatic N) is 4. The molecule has 1 atom stereocenters. The van der Waals surface area contributed by atoms with Gasteiger partial charge in [-0.15, -0.1) is 10.2 Å². The average Bonchev–Trinajstić information content (AvgIpc) is 3.07. The molecule has 3 rings (SSSR count). The van der Waals surface area contributed by atoms with E-state index in [2.05, 4.69) is 44.9 Å². The highest BCUT2D eigenvalue weighted by atomic mass is 16.5. The molecule has 1 aromatic heterocycles. The molecule has 1 N–H and O–H groups in total. The van der Waals surface area contributed by atoms with Crippen LogP contribution in [0.4, 0.5) is 0 Å². The van der Waals surface area contributed by atoms with E-state index in [0.717, 1.165) is 67.7 Å². The maximum atomic E-state index is 12.2. The number of hydrogen-bond donors (Lipinski definition) is 1. The minimum Gasteiger partial charge on any atom is -0.497 e. The number of fused-ring (bicyclic) bond motifs is 1. The van der Waals surface area contributed by atoms with Gasteiger partial charge in [-0.2, -0.15) is 0 Å². The van der Waals surface area contributed by atoms with Crippen molar-refractivity contribution in [2.45, 2.75) is 45.8 Å². The number of nitrogens with one attached hydrogen (secondary N) is 1. The van der Waals surface area contributed by atoms with Crippen molar-refractivity contribution in [3.63, 3.8) is 0 Å². The van der Waals surface area contributed by atoms with Gasteiger partial charge < -0.3 is 24.1 Å². The lowest BCUT2D eigenvalue weighted by Crippen LogP contribution is -2.34. The molecular formula is C23H35N5O4. The molecule has 2 heterocycles. The summed E-state index contributed by atoms with van der Waals surface area (Å²) < 4.78 is 18.0. The van der Waals surface area contributed by atoms with Crippen LogP contribution in [0.3, 0.4) is 0 Å². The van der Waals surface area contributed by atoms with E-state index in [9.17, 15) is 4.79 Å². The van der Waals surface area contributed by atoms with Crippen LogP contribution in [0.2, 0.25) is 0 Å². The maximum Gasteiger partial charge on any atom is 0.246 e. The van der Waals surface area contributed by atoms with E-state index in [0.29, 0.717) is 5.92 Å². The SMILES string of the molecule is COCC(=O)N[C@H](CC(C)C)c1nnc2n1CCN(Cc1ccc(OC)cc1OC)CC2. The molecule has 176 valence electrons. The van der Waals surface area contributed by atoms with Crippen LogP contribution < -0.4 is 14.8 Å². The Balaban J connectivity index is 1.73. The summed E-state index contributed by atoms with van der Waals surface area (Å²) in [7, 11) is 4.86. The summed E-state index contributed by atoms with van der Waals surface area (Å²) in [6, 6.07) is 5.74. The standard InChI is InChI=1S/C23H35N5O4/c1-16(2)12-19(24-22(29)15-30-3)23-26-25-21-8-9-27(10-11-28(21)23)14-17-6-7-18(31-4)13-20(17)32-5/h6-7,13,16,19H,8-12,14-15H2,1-5H3,(H,24,29)/t19-/m1/s1. The predicted octanol–water partition coefficient (Wildman–Crippen LogP) is 2.20. The van der Waals surface area contributed by atoms with Crippen LogP contribution in [-0.2, 0) is 29.0 Å². The van der Waals surface area contributed by atoms with Gasteiger partial charge in [-0.25, -0.2) is 0 Å². The summed E-state index contributed by atoms with van der Waals surface area (Å²) >= 11 is 0. The zero-order valence-corrected chi connectivity index (χ0v) is 19.8. The van der Waals surface area contributed by atoms with Crippen molar-refractivity contribution in [1.29, 1.82) is 0 Å². The molecule has 1 aliphatic heterocycles. The smallest absolute Gasteiger partial charge is 0.246 e. The fourth-order valence-corrected chi connectivity index (χ4v) is 4.10. The first-order chi connectivity index (χ1) is 15.4.